The number of aryl methyl sites for hydroxylation is 2. The van der Waals surface area contributed by atoms with Crippen LogP contribution in [-0.4, -0.2) is 96.0 Å². The molecular weight excluding hydrogens is 616 g/mol. The van der Waals surface area contributed by atoms with E-state index >= 15 is 0 Å². The van der Waals surface area contributed by atoms with E-state index in [0.717, 1.165) is 6.08 Å². The molecule has 0 amide bonds. The van der Waals surface area contributed by atoms with Crippen molar-refractivity contribution in [2.24, 2.45) is 0 Å². The summed E-state index contributed by atoms with van der Waals surface area (Å²) < 4.78 is 16.9. The largest absolute Gasteiger partial charge is 0.508 e. The Morgan fingerprint density at radius 1 is 0.766 bits per heavy atom. The van der Waals surface area contributed by atoms with E-state index in [2.05, 4.69) is 0 Å². The second-order valence-electron chi connectivity index (χ2n) is 11.3. The third-order valence-electron chi connectivity index (χ3n) is 7.67. The number of esters is 1. The van der Waals surface area contributed by atoms with Gasteiger partial charge in [0.25, 0.3) is 0 Å². The number of rotatable bonds is 14. The molecule has 1 fully saturated rings. The number of hydrogen-bond donors (Lipinski definition) is 8. The minimum absolute atomic E-state index is 0.0513. The van der Waals surface area contributed by atoms with Crippen molar-refractivity contribution in [3.63, 3.8) is 0 Å². The third-order valence-corrected chi connectivity index (χ3v) is 7.67. The first-order valence-corrected chi connectivity index (χ1v) is 14.9. The maximum absolute atomic E-state index is 13.0. The number of aliphatic hydroxyl groups is 3. The van der Waals surface area contributed by atoms with E-state index in [0.29, 0.717) is 16.7 Å². The van der Waals surface area contributed by atoms with Crippen molar-refractivity contribution >= 4 is 17.8 Å². The lowest BCUT2D eigenvalue weighted by molar-refractivity contribution is -0.311. The molecule has 13 nitrogen and oxygen atoms in total. The highest BCUT2D eigenvalue weighted by Gasteiger charge is 2.45. The minimum atomic E-state index is -1.74. The summed E-state index contributed by atoms with van der Waals surface area (Å²) in [7, 11) is 0. The van der Waals surface area contributed by atoms with Gasteiger partial charge >= 0.3 is 5.97 Å². The van der Waals surface area contributed by atoms with Gasteiger partial charge in [0.2, 0.25) is 0 Å². The number of phenolic OH excluding ortho intramolecular Hbond substituents is 5. The zero-order chi connectivity index (χ0) is 34.1. The maximum atomic E-state index is 13.0. The molecule has 6 atom stereocenters. The summed E-state index contributed by atoms with van der Waals surface area (Å²) in [5.74, 6) is -2.19. The Kier molecular flexibility index (Phi) is 12.2. The van der Waals surface area contributed by atoms with Gasteiger partial charge in [0, 0.05) is 18.9 Å². The molecule has 13 heteroatoms. The van der Waals surface area contributed by atoms with Gasteiger partial charge in [-0.25, -0.2) is 4.79 Å². The molecule has 1 aliphatic heterocycles. The van der Waals surface area contributed by atoms with Crippen molar-refractivity contribution in [3.05, 3.63) is 83.4 Å². The number of carbonyl (C=O) groups excluding carboxylic acids is 2. The van der Waals surface area contributed by atoms with Crippen LogP contribution in [0.1, 0.15) is 36.0 Å². The molecule has 3 aromatic rings. The van der Waals surface area contributed by atoms with E-state index < -0.39 is 49.4 Å². The average molecular weight is 655 g/mol. The quantitative estimate of drug-likeness (QED) is 0.0710. The highest BCUT2D eigenvalue weighted by Crippen LogP contribution is 2.29. The van der Waals surface area contributed by atoms with Crippen LogP contribution in [0.3, 0.4) is 0 Å². The van der Waals surface area contributed by atoms with Crippen molar-refractivity contribution in [3.8, 4) is 28.7 Å². The Bertz CT molecular complexity index is 1540. The van der Waals surface area contributed by atoms with Crippen molar-refractivity contribution in [1.29, 1.82) is 0 Å². The summed E-state index contributed by atoms with van der Waals surface area (Å²) in [6.45, 7) is -0.501. The molecule has 252 valence electrons. The van der Waals surface area contributed by atoms with Crippen molar-refractivity contribution in [2.75, 3.05) is 6.61 Å². The molecule has 1 aliphatic rings. The van der Waals surface area contributed by atoms with E-state index in [9.17, 15) is 50.4 Å². The zero-order valence-electron chi connectivity index (χ0n) is 25.3. The van der Waals surface area contributed by atoms with Crippen LogP contribution in [0.5, 0.6) is 28.7 Å². The van der Waals surface area contributed by atoms with Crippen molar-refractivity contribution in [2.45, 2.75) is 68.9 Å². The molecule has 0 spiro atoms. The third kappa shape index (κ3) is 10.2. The summed E-state index contributed by atoms with van der Waals surface area (Å²) in [6, 6.07) is 14.5. The van der Waals surface area contributed by atoms with Crippen LogP contribution >= 0.6 is 0 Å². The molecule has 0 bridgehead atoms. The van der Waals surface area contributed by atoms with Gasteiger partial charge in [0.05, 0.1) is 6.10 Å². The van der Waals surface area contributed by atoms with Gasteiger partial charge in [-0.1, -0.05) is 24.3 Å². The highest BCUT2D eigenvalue weighted by atomic mass is 16.7. The summed E-state index contributed by atoms with van der Waals surface area (Å²) in [4.78, 5) is 25.3. The summed E-state index contributed by atoms with van der Waals surface area (Å²) in [6.07, 6.45) is -5.60. The number of ether oxygens (including phenoxy) is 3. The van der Waals surface area contributed by atoms with Crippen LogP contribution < -0.4 is 0 Å². The molecule has 4 rings (SSSR count). The second-order valence-corrected chi connectivity index (χ2v) is 11.3. The maximum Gasteiger partial charge on any atom is 0.330 e. The standard InChI is InChI=1S/C34H38O13/c35-22-8-1-19(2-9-22)7-14-30(41)45-18-29-31(42)32(43)33(44)34(47-29)46-24(11-4-21-6-13-26(38)28(40)16-21)17-23(36)10-3-20-5-12-25(37)27(39)15-20/h1-2,5-9,12-16,24,29,31-35,37-40,42-44H,3-4,10-11,17-18H2. The minimum Gasteiger partial charge on any atom is -0.508 e. The summed E-state index contributed by atoms with van der Waals surface area (Å²) in [5.41, 5.74) is 1.85. The first-order valence-electron chi connectivity index (χ1n) is 14.9. The lowest BCUT2D eigenvalue weighted by atomic mass is 9.97. The molecule has 0 saturated carbocycles. The fraction of sp³-hybridized carbons (Fsp3) is 0.353. The van der Waals surface area contributed by atoms with Crippen LogP contribution in [0.4, 0.5) is 0 Å². The number of ketones is 1. The zero-order valence-corrected chi connectivity index (χ0v) is 25.3. The SMILES string of the molecule is O=C(CCc1ccc(O)c(O)c1)CC(CCc1ccc(O)c(O)c1)OC1OC(COC(=O)C=Cc2ccc(O)cc2)C(O)C(O)C1O. The van der Waals surface area contributed by atoms with Crippen LogP contribution in [0.25, 0.3) is 6.08 Å². The van der Waals surface area contributed by atoms with Crippen LogP contribution in [0.15, 0.2) is 66.7 Å². The lowest BCUT2D eigenvalue weighted by Gasteiger charge is -2.41. The predicted molar refractivity (Wildman–Crippen MR) is 165 cm³/mol. The van der Waals surface area contributed by atoms with Gasteiger partial charge in [-0.05, 0) is 78.4 Å². The summed E-state index contributed by atoms with van der Waals surface area (Å²) in [5, 5.41) is 79.9. The molecule has 0 aromatic heterocycles. The Hall–Kier alpha value is -4.66. The van der Waals surface area contributed by atoms with Gasteiger partial charge in [0.1, 0.15) is 42.6 Å². The number of Topliss-reactive ketones (excluding diaryl/α,β-unsaturated/α-hetero) is 1. The van der Waals surface area contributed by atoms with Crippen LogP contribution in [0, 0.1) is 0 Å². The molecule has 47 heavy (non-hydrogen) atoms. The number of carbonyl (C=O) groups is 2. The van der Waals surface area contributed by atoms with Gasteiger partial charge in [0.15, 0.2) is 29.3 Å². The fourth-order valence-electron chi connectivity index (χ4n) is 4.95. The van der Waals surface area contributed by atoms with E-state index in [4.69, 9.17) is 14.2 Å². The van der Waals surface area contributed by atoms with Crippen LogP contribution in [-0.2, 0) is 36.6 Å². The summed E-state index contributed by atoms with van der Waals surface area (Å²) >= 11 is 0. The van der Waals surface area contributed by atoms with Crippen molar-refractivity contribution in [1.82, 2.24) is 0 Å². The average Bonchev–Trinajstić information content (AvgIpc) is 3.05. The molecule has 0 aliphatic carbocycles. The normalized spacial score (nSPS) is 21.8. The molecule has 1 saturated heterocycles. The highest BCUT2D eigenvalue weighted by molar-refractivity contribution is 5.87. The smallest absolute Gasteiger partial charge is 0.330 e. The Morgan fingerprint density at radius 3 is 2.00 bits per heavy atom. The number of phenols is 5. The van der Waals surface area contributed by atoms with Gasteiger partial charge in [-0.3, -0.25) is 4.79 Å². The Balaban J connectivity index is 1.40. The first kappa shape index (κ1) is 35.2. The van der Waals surface area contributed by atoms with E-state index in [1.54, 1.807) is 24.3 Å². The van der Waals surface area contributed by atoms with Gasteiger partial charge < -0.3 is 55.1 Å². The molecule has 1 heterocycles. The monoisotopic (exact) mass is 654 g/mol. The van der Waals surface area contributed by atoms with E-state index in [1.165, 1.54) is 42.5 Å². The van der Waals surface area contributed by atoms with E-state index in [1.807, 2.05) is 0 Å². The number of hydrogen-bond acceptors (Lipinski definition) is 13. The van der Waals surface area contributed by atoms with Gasteiger partial charge in [-0.2, -0.15) is 0 Å². The number of aromatic hydroxyl groups is 5. The Labute approximate surface area is 270 Å². The van der Waals surface area contributed by atoms with Gasteiger partial charge in [-0.15, -0.1) is 0 Å². The molecule has 8 N–H and O–H groups in total. The van der Waals surface area contributed by atoms with E-state index in [-0.39, 0.29) is 66.6 Å². The van der Waals surface area contributed by atoms with Crippen LogP contribution in [0.2, 0.25) is 0 Å². The first-order chi connectivity index (χ1) is 22.4. The Morgan fingerprint density at radius 2 is 1.38 bits per heavy atom. The molecule has 3 aromatic carbocycles. The second kappa shape index (κ2) is 16.3. The number of benzene rings is 3. The van der Waals surface area contributed by atoms with Crippen molar-refractivity contribution < 1.29 is 64.7 Å². The molecular formula is C34H38O13. The number of aliphatic hydroxyl groups excluding tert-OH is 3. The predicted octanol–water partition coefficient (Wildman–Crippen LogP) is 2.19. The lowest BCUT2D eigenvalue weighted by Crippen LogP contribution is -2.60. The molecule has 6 unspecified atom stereocenters. The fourth-order valence-corrected chi connectivity index (χ4v) is 4.95. The molecule has 0 radical (unpaired) electrons. The topological polar surface area (TPSA) is 224 Å².